The molecule has 13 heteroatoms. The highest BCUT2D eigenvalue weighted by molar-refractivity contribution is 6.37. The first-order chi connectivity index (χ1) is 24.1. The van der Waals surface area contributed by atoms with Gasteiger partial charge in [0.1, 0.15) is 17.8 Å². The van der Waals surface area contributed by atoms with E-state index in [4.69, 9.17) is 26.9 Å². The van der Waals surface area contributed by atoms with Crippen LogP contribution in [0.1, 0.15) is 89.3 Å². The minimum absolute atomic E-state index is 0.0125. The summed E-state index contributed by atoms with van der Waals surface area (Å²) in [5.41, 5.74) is 6.68. The molecule has 274 valence electrons. The van der Waals surface area contributed by atoms with Crippen LogP contribution in [0.25, 0.3) is 0 Å². The zero-order valence-corrected chi connectivity index (χ0v) is 30.8. The summed E-state index contributed by atoms with van der Waals surface area (Å²) in [6, 6.07) is 10.2. The number of carbonyl (C=O) groups is 5. The number of nitrogens with one attached hydrogen (secondary N) is 2. The Labute approximate surface area is 303 Å². The quantitative estimate of drug-likeness (QED) is 0.261. The molecule has 12 nitrogen and oxygen atoms in total. The van der Waals surface area contributed by atoms with Crippen LogP contribution in [0, 0.1) is 18.3 Å². The van der Waals surface area contributed by atoms with E-state index in [-0.39, 0.29) is 43.6 Å². The largest absolute Gasteiger partial charge is 0.492 e. The third-order valence-corrected chi connectivity index (χ3v) is 10.2. The molecular weight excluding hydrogens is 674 g/mol. The molecule has 51 heavy (non-hydrogen) atoms. The van der Waals surface area contributed by atoms with Gasteiger partial charge in [-0.15, -0.1) is 0 Å². The molecule has 2 aliphatic heterocycles. The molecule has 0 unspecified atom stereocenters. The number of carbonyl (C=O) groups excluding carboxylic acids is 5. The lowest BCUT2D eigenvalue weighted by molar-refractivity contribution is -0.145. The molecule has 2 aromatic rings. The average molecular weight is 722 g/mol. The van der Waals surface area contributed by atoms with E-state index in [2.05, 4.69) is 15.8 Å². The second-order valence-electron chi connectivity index (χ2n) is 15.0. The van der Waals surface area contributed by atoms with E-state index in [1.807, 2.05) is 77.9 Å². The summed E-state index contributed by atoms with van der Waals surface area (Å²) in [6.07, 6.45) is 1.67. The Morgan fingerprint density at radius 2 is 1.80 bits per heavy atom. The molecule has 6 atom stereocenters. The van der Waals surface area contributed by atoms with Crippen molar-refractivity contribution in [3.8, 4) is 5.75 Å². The van der Waals surface area contributed by atoms with Crippen LogP contribution in [-0.2, 0) is 28.8 Å². The van der Waals surface area contributed by atoms with Crippen LogP contribution in [0.4, 0.5) is 0 Å². The molecular formula is C38H48ClN5O7. The Bertz CT molecular complexity index is 1700. The number of primary amides is 1. The normalized spacial score (nSPS) is 23.5. The zero-order valence-electron chi connectivity index (χ0n) is 30.1. The Hall–Kier alpha value is -4.45. The molecule has 2 heterocycles. The van der Waals surface area contributed by atoms with Crippen molar-refractivity contribution in [2.45, 2.75) is 103 Å². The van der Waals surface area contributed by atoms with Crippen molar-refractivity contribution >= 4 is 46.7 Å². The van der Waals surface area contributed by atoms with Crippen LogP contribution < -0.4 is 21.1 Å². The third kappa shape index (κ3) is 8.21. The van der Waals surface area contributed by atoms with Gasteiger partial charge in [-0.1, -0.05) is 81.2 Å². The van der Waals surface area contributed by atoms with Gasteiger partial charge in [-0.25, -0.2) is 0 Å². The number of ketones is 1. The Kier molecular flexibility index (Phi) is 11.1. The molecule has 1 spiro atoms. The van der Waals surface area contributed by atoms with E-state index >= 15 is 0 Å². The summed E-state index contributed by atoms with van der Waals surface area (Å²) in [5.74, 6) is -3.03. The summed E-state index contributed by atoms with van der Waals surface area (Å²) in [6.45, 7) is 11.6. The van der Waals surface area contributed by atoms with E-state index in [1.165, 1.54) is 4.90 Å². The molecule has 1 aliphatic carbocycles. The lowest BCUT2D eigenvalue weighted by Gasteiger charge is -2.35. The van der Waals surface area contributed by atoms with E-state index in [9.17, 15) is 24.0 Å². The fraction of sp³-hybridized carbons (Fsp3) is 0.526. The number of Topliss-reactive ketones (excluding diaryl/α,β-unsaturated/α-hetero) is 1. The van der Waals surface area contributed by atoms with Gasteiger partial charge in [0.05, 0.1) is 29.9 Å². The molecule has 3 aliphatic rings. The smallest absolute Gasteiger partial charge is 0.287 e. The Morgan fingerprint density at radius 3 is 2.41 bits per heavy atom. The van der Waals surface area contributed by atoms with Gasteiger partial charge in [0.25, 0.3) is 5.91 Å². The van der Waals surface area contributed by atoms with Gasteiger partial charge in [0.15, 0.2) is 5.60 Å². The Balaban J connectivity index is 1.42. The van der Waals surface area contributed by atoms with Crippen molar-refractivity contribution in [3.05, 3.63) is 64.2 Å². The van der Waals surface area contributed by atoms with Gasteiger partial charge in [0.2, 0.25) is 23.5 Å². The van der Waals surface area contributed by atoms with E-state index in [1.54, 1.807) is 6.07 Å². The summed E-state index contributed by atoms with van der Waals surface area (Å²) >= 11 is 6.56. The standard InChI is InChI=1S/C38H48ClN5O7/c1-7-12-27(30(45)33(40)46)41-35(48)29-19-38(18-28(43-51-38)23-15-21(3)31(50-8-2)26(39)16-23)20-44(29)36(49)32(37(4,5)6)42-34(47)25-17-24(25)22-13-10-9-11-14-22/h9-11,13-16,24-25,27,29,32H,7-8,12,17-20H2,1-6H3,(H2,40,46)(H,41,48)(H,42,47)/t24-,25+,27-,29-,32+,38+/m0/s1. The molecule has 0 radical (unpaired) electrons. The molecule has 4 N–H and O–H groups in total. The van der Waals surface area contributed by atoms with E-state index < -0.39 is 52.6 Å². The number of nitrogens with zero attached hydrogens (tertiary/aromatic N) is 2. The number of likely N-dealkylation sites (tertiary alicyclic amines) is 1. The van der Waals surface area contributed by atoms with Gasteiger partial charge < -0.3 is 30.8 Å². The summed E-state index contributed by atoms with van der Waals surface area (Å²) in [5, 5.41) is 10.5. The van der Waals surface area contributed by atoms with Crippen LogP contribution in [-0.4, -0.2) is 76.9 Å². The molecule has 0 aromatic heterocycles. The number of halogens is 1. The lowest BCUT2D eigenvalue weighted by atomic mass is 9.85. The highest BCUT2D eigenvalue weighted by atomic mass is 35.5. The average Bonchev–Trinajstić information content (AvgIpc) is 3.65. The number of benzene rings is 2. The van der Waals surface area contributed by atoms with Crippen molar-refractivity contribution in [2.24, 2.45) is 22.2 Å². The molecule has 1 saturated heterocycles. The predicted molar refractivity (Wildman–Crippen MR) is 192 cm³/mol. The van der Waals surface area contributed by atoms with Crippen molar-refractivity contribution in [2.75, 3.05) is 13.2 Å². The van der Waals surface area contributed by atoms with E-state index in [0.29, 0.717) is 35.9 Å². The maximum atomic E-state index is 14.6. The van der Waals surface area contributed by atoms with Gasteiger partial charge in [0, 0.05) is 24.3 Å². The molecule has 2 aromatic carbocycles. The monoisotopic (exact) mass is 721 g/mol. The minimum atomic E-state index is -1.16. The fourth-order valence-electron chi connectivity index (χ4n) is 7.12. The molecule has 4 amide bonds. The first-order valence-electron chi connectivity index (χ1n) is 17.6. The van der Waals surface area contributed by atoms with Crippen molar-refractivity contribution in [1.29, 1.82) is 0 Å². The van der Waals surface area contributed by atoms with Crippen molar-refractivity contribution < 1.29 is 33.5 Å². The topological polar surface area (TPSA) is 169 Å². The second kappa shape index (κ2) is 15.0. The van der Waals surface area contributed by atoms with Crippen LogP contribution in [0.15, 0.2) is 47.6 Å². The van der Waals surface area contributed by atoms with Crippen LogP contribution >= 0.6 is 11.6 Å². The van der Waals surface area contributed by atoms with Gasteiger partial charge in [-0.3, -0.25) is 24.0 Å². The minimum Gasteiger partial charge on any atom is -0.492 e. The zero-order chi connectivity index (χ0) is 37.2. The number of hydrogen-bond donors (Lipinski definition) is 3. The third-order valence-electron chi connectivity index (χ3n) is 9.88. The number of oxime groups is 1. The first kappa shape index (κ1) is 37.8. The number of hydrogen-bond acceptors (Lipinski definition) is 8. The highest BCUT2D eigenvalue weighted by Crippen LogP contribution is 2.48. The highest BCUT2D eigenvalue weighted by Gasteiger charge is 2.56. The maximum absolute atomic E-state index is 14.6. The maximum Gasteiger partial charge on any atom is 0.287 e. The molecule has 5 rings (SSSR count). The first-order valence-corrected chi connectivity index (χ1v) is 17.9. The van der Waals surface area contributed by atoms with Crippen LogP contribution in [0.2, 0.25) is 5.02 Å². The number of rotatable bonds is 13. The molecule has 1 saturated carbocycles. The lowest BCUT2D eigenvalue weighted by Crippen LogP contribution is -2.59. The van der Waals surface area contributed by atoms with Gasteiger partial charge in [-0.05, 0) is 61.3 Å². The van der Waals surface area contributed by atoms with Gasteiger partial charge >= 0.3 is 0 Å². The summed E-state index contributed by atoms with van der Waals surface area (Å²) in [4.78, 5) is 74.3. The van der Waals surface area contributed by atoms with Crippen LogP contribution in [0.3, 0.4) is 0 Å². The molecule has 2 fully saturated rings. The number of nitrogens with two attached hydrogens (primary N) is 1. The SMILES string of the molecule is CCC[C@H](NC(=O)[C@@H]1C[C@]2(CC(c3cc(C)c(OCC)c(Cl)c3)=NO2)CN1C(=O)[C@@H](NC(=O)[C@@H]1C[C@H]1c1ccccc1)C(C)(C)C)C(=O)C(N)=O. The van der Waals surface area contributed by atoms with Gasteiger partial charge in [-0.2, -0.15) is 0 Å². The predicted octanol–water partition coefficient (Wildman–Crippen LogP) is 4.19. The second-order valence-corrected chi connectivity index (χ2v) is 15.4. The fourth-order valence-corrected chi connectivity index (χ4v) is 7.44. The summed E-state index contributed by atoms with van der Waals surface area (Å²) in [7, 11) is 0. The number of amides is 4. The summed E-state index contributed by atoms with van der Waals surface area (Å²) < 4.78 is 5.69. The number of aryl methyl sites for hydroxylation is 1. The molecule has 0 bridgehead atoms. The van der Waals surface area contributed by atoms with Crippen molar-refractivity contribution in [3.63, 3.8) is 0 Å². The van der Waals surface area contributed by atoms with Crippen molar-refractivity contribution in [1.82, 2.24) is 15.5 Å². The van der Waals surface area contributed by atoms with E-state index in [0.717, 1.165) is 16.7 Å². The number of ether oxygens (including phenoxy) is 1. The van der Waals surface area contributed by atoms with Crippen LogP contribution in [0.5, 0.6) is 5.75 Å². The Morgan fingerprint density at radius 1 is 1.10 bits per heavy atom.